The third kappa shape index (κ3) is 3.87. The zero-order chi connectivity index (χ0) is 23.0. The summed E-state index contributed by atoms with van der Waals surface area (Å²) in [5.74, 6) is -3.82. The second-order valence-electron chi connectivity index (χ2n) is 7.14. The van der Waals surface area contributed by atoms with E-state index in [0.717, 1.165) is 22.2 Å². The molecule has 0 aliphatic heterocycles. The minimum absolute atomic E-state index is 0.00630. The molecular weight excluding hydrogens is 443 g/mol. The number of carbonyl (C=O) groups is 1. The molecule has 5 nitrogen and oxygen atoms in total. The number of aliphatic carboxylic acids is 1. The van der Waals surface area contributed by atoms with Gasteiger partial charge in [-0.2, -0.15) is 0 Å². The van der Waals surface area contributed by atoms with Gasteiger partial charge in [0.25, 0.3) is 10.0 Å². The first kappa shape index (κ1) is 21.6. The number of fused-ring (bicyclic) bond motifs is 1. The van der Waals surface area contributed by atoms with E-state index in [1.807, 2.05) is 0 Å². The number of benzene rings is 3. The molecule has 0 radical (unpaired) electrons. The number of carboxylic acids is 1. The summed E-state index contributed by atoms with van der Waals surface area (Å²) in [6.07, 6.45) is 1.01. The summed E-state index contributed by atoms with van der Waals surface area (Å²) in [4.78, 5) is 10.8. The van der Waals surface area contributed by atoms with Gasteiger partial charge < -0.3 is 5.11 Å². The van der Waals surface area contributed by atoms with Crippen molar-refractivity contribution in [1.82, 2.24) is 3.97 Å². The van der Waals surface area contributed by atoms with Crippen molar-refractivity contribution in [2.45, 2.75) is 17.7 Å². The van der Waals surface area contributed by atoms with Gasteiger partial charge in [-0.1, -0.05) is 24.3 Å². The van der Waals surface area contributed by atoms with Gasteiger partial charge in [-0.3, -0.25) is 4.79 Å². The molecule has 9 heteroatoms. The molecule has 0 saturated heterocycles. The van der Waals surface area contributed by atoms with Crippen LogP contribution in [0.3, 0.4) is 0 Å². The molecule has 3 aromatic carbocycles. The van der Waals surface area contributed by atoms with Crippen molar-refractivity contribution in [2.75, 3.05) is 0 Å². The number of aryl methyl sites for hydroxylation is 1. The Balaban J connectivity index is 1.86. The summed E-state index contributed by atoms with van der Waals surface area (Å²) in [5.41, 5.74) is 0.604. The average Bonchev–Trinajstić information content (AvgIpc) is 3.13. The quantitative estimate of drug-likeness (QED) is 0.441. The van der Waals surface area contributed by atoms with Crippen molar-refractivity contribution in [2.24, 2.45) is 0 Å². The molecule has 164 valence electrons. The van der Waals surface area contributed by atoms with Crippen molar-refractivity contribution in [3.63, 3.8) is 0 Å². The number of hydrogen-bond donors (Lipinski definition) is 1. The fourth-order valence-electron chi connectivity index (χ4n) is 3.54. The highest BCUT2D eigenvalue weighted by Gasteiger charge is 2.23. The van der Waals surface area contributed by atoms with Crippen LogP contribution in [0.2, 0.25) is 0 Å². The molecule has 0 aliphatic carbocycles. The summed E-state index contributed by atoms with van der Waals surface area (Å²) >= 11 is 0. The first-order chi connectivity index (χ1) is 15.2. The Morgan fingerprint density at radius 2 is 1.72 bits per heavy atom. The third-order valence-corrected chi connectivity index (χ3v) is 6.75. The minimum atomic E-state index is -4.22. The molecule has 0 aliphatic rings. The van der Waals surface area contributed by atoms with Crippen molar-refractivity contribution in [3.8, 4) is 11.1 Å². The van der Waals surface area contributed by atoms with E-state index in [2.05, 4.69) is 0 Å². The summed E-state index contributed by atoms with van der Waals surface area (Å²) < 4.78 is 69.4. The maximum atomic E-state index is 14.2. The van der Waals surface area contributed by atoms with Crippen LogP contribution >= 0.6 is 0 Å². The smallest absolute Gasteiger partial charge is 0.303 e. The van der Waals surface area contributed by atoms with Gasteiger partial charge in [-0.05, 0) is 53.9 Å². The van der Waals surface area contributed by atoms with Crippen molar-refractivity contribution in [3.05, 3.63) is 89.9 Å². The predicted octanol–water partition coefficient (Wildman–Crippen LogP) is 4.98. The van der Waals surface area contributed by atoms with Crippen LogP contribution in [0.15, 0.2) is 71.8 Å². The molecule has 0 unspecified atom stereocenters. The molecule has 0 fully saturated rings. The molecule has 0 bridgehead atoms. The Hall–Kier alpha value is -3.59. The molecule has 1 heterocycles. The monoisotopic (exact) mass is 459 g/mol. The molecule has 4 aromatic rings. The highest BCUT2D eigenvalue weighted by Crippen LogP contribution is 2.30. The van der Waals surface area contributed by atoms with E-state index in [0.29, 0.717) is 5.56 Å². The van der Waals surface area contributed by atoms with E-state index in [-0.39, 0.29) is 39.8 Å². The second-order valence-corrected chi connectivity index (χ2v) is 8.95. The molecule has 4 rings (SSSR count). The number of halogens is 3. The number of hydrogen-bond acceptors (Lipinski definition) is 3. The Morgan fingerprint density at radius 1 is 0.969 bits per heavy atom. The predicted molar refractivity (Wildman–Crippen MR) is 112 cm³/mol. The zero-order valence-corrected chi connectivity index (χ0v) is 17.2. The van der Waals surface area contributed by atoms with E-state index in [1.54, 1.807) is 0 Å². The van der Waals surface area contributed by atoms with Gasteiger partial charge in [0.2, 0.25) is 0 Å². The van der Waals surface area contributed by atoms with Gasteiger partial charge in [0.1, 0.15) is 5.82 Å². The lowest BCUT2D eigenvalue weighted by Crippen LogP contribution is -2.12. The Labute approximate surface area is 181 Å². The van der Waals surface area contributed by atoms with Crippen LogP contribution in [-0.4, -0.2) is 23.5 Å². The van der Waals surface area contributed by atoms with Gasteiger partial charge >= 0.3 is 5.97 Å². The second kappa shape index (κ2) is 8.16. The maximum absolute atomic E-state index is 14.2. The van der Waals surface area contributed by atoms with Crippen LogP contribution in [0.5, 0.6) is 0 Å². The van der Waals surface area contributed by atoms with E-state index >= 15 is 0 Å². The molecule has 0 spiro atoms. The molecule has 32 heavy (non-hydrogen) atoms. The van der Waals surface area contributed by atoms with Crippen molar-refractivity contribution >= 4 is 26.9 Å². The normalized spacial score (nSPS) is 11.7. The van der Waals surface area contributed by atoms with E-state index in [9.17, 15) is 26.4 Å². The summed E-state index contributed by atoms with van der Waals surface area (Å²) in [5, 5.41) is 9.25. The Bertz CT molecular complexity index is 1460. The van der Waals surface area contributed by atoms with Gasteiger partial charge in [-0.25, -0.2) is 25.6 Å². The van der Waals surface area contributed by atoms with Gasteiger partial charge in [0.05, 0.1) is 10.4 Å². The Morgan fingerprint density at radius 3 is 2.47 bits per heavy atom. The van der Waals surface area contributed by atoms with Crippen LogP contribution in [0.1, 0.15) is 12.0 Å². The number of rotatable bonds is 6. The average molecular weight is 459 g/mol. The molecule has 0 saturated carbocycles. The van der Waals surface area contributed by atoms with Gasteiger partial charge in [-0.15, -0.1) is 0 Å². The molecule has 1 aromatic heterocycles. The SMILES string of the molecule is O=C(O)CCc1cn(S(=O)(=O)c2cccc(-c3cccc(F)c3F)c2)c2ccc(F)cc12. The molecular formula is C23H16F3NO4S. The lowest BCUT2D eigenvalue weighted by molar-refractivity contribution is -0.136. The van der Waals surface area contributed by atoms with Crippen LogP contribution < -0.4 is 0 Å². The fraction of sp³-hybridized carbons (Fsp3) is 0.0870. The fourth-order valence-corrected chi connectivity index (χ4v) is 4.98. The summed E-state index contributed by atoms with van der Waals surface area (Å²) in [6, 6.07) is 12.6. The van der Waals surface area contributed by atoms with E-state index < -0.39 is 33.4 Å². The van der Waals surface area contributed by atoms with Crippen LogP contribution in [-0.2, 0) is 21.2 Å². The molecule has 1 N–H and O–H groups in total. The Kier molecular flexibility index (Phi) is 5.52. The number of aromatic nitrogens is 1. The lowest BCUT2D eigenvalue weighted by Gasteiger charge is -2.10. The first-order valence-corrected chi connectivity index (χ1v) is 10.9. The number of carboxylic acid groups (broad SMARTS) is 1. The third-order valence-electron chi connectivity index (χ3n) is 5.08. The van der Waals surface area contributed by atoms with Crippen LogP contribution in [0.25, 0.3) is 22.0 Å². The standard InChI is InChI=1S/C23H16F3NO4S/c24-16-8-9-21-19(12-16)15(7-10-22(28)29)13-27(21)32(30,31)17-4-1-3-14(11-17)18-5-2-6-20(25)23(18)26/h1-6,8-9,11-13H,7,10H2,(H,28,29). The van der Waals surface area contributed by atoms with Gasteiger partial charge in [0, 0.05) is 23.6 Å². The van der Waals surface area contributed by atoms with Crippen LogP contribution in [0, 0.1) is 17.5 Å². The highest BCUT2D eigenvalue weighted by atomic mass is 32.2. The summed E-state index contributed by atoms with van der Waals surface area (Å²) in [7, 11) is -4.22. The maximum Gasteiger partial charge on any atom is 0.303 e. The molecule has 0 amide bonds. The number of nitrogens with zero attached hydrogens (tertiary/aromatic N) is 1. The zero-order valence-electron chi connectivity index (χ0n) is 16.4. The van der Waals surface area contributed by atoms with E-state index in [4.69, 9.17) is 5.11 Å². The van der Waals surface area contributed by atoms with Crippen molar-refractivity contribution in [1.29, 1.82) is 0 Å². The molecule has 0 atom stereocenters. The lowest BCUT2D eigenvalue weighted by atomic mass is 10.1. The highest BCUT2D eigenvalue weighted by molar-refractivity contribution is 7.90. The summed E-state index contributed by atoms with van der Waals surface area (Å²) in [6.45, 7) is 0. The topological polar surface area (TPSA) is 76.4 Å². The minimum Gasteiger partial charge on any atom is -0.481 e. The largest absolute Gasteiger partial charge is 0.481 e. The van der Waals surface area contributed by atoms with Gasteiger partial charge in [0.15, 0.2) is 11.6 Å². The van der Waals surface area contributed by atoms with Crippen LogP contribution in [0.4, 0.5) is 13.2 Å². The van der Waals surface area contributed by atoms with Crippen molar-refractivity contribution < 1.29 is 31.5 Å². The first-order valence-electron chi connectivity index (χ1n) is 9.50. The van der Waals surface area contributed by atoms with E-state index in [1.165, 1.54) is 48.7 Å².